The summed E-state index contributed by atoms with van der Waals surface area (Å²) in [6, 6.07) is 9.91. The lowest BCUT2D eigenvalue weighted by atomic mass is 9.94. The number of rotatable bonds is 7. The third-order valence-corrected chi connectivity index (χ3v) is 3.65. The first-order valence-electron chi connectivity index (χ1n) is 6.03. The SMILES string of the molecule is CC(C)(CNC(=O)CSCc1ccccc1)C(=O)O. The summed E-state index contributed by atoms with van der Waals surface area (Å²) in [5.41, 5.74) is 0.242. The summed E-state index contributed by atoms with van der Waals surface area (Å²) >= 11 is 1.51. The van der Waals surface area contributed by atoms with Crippen molar-refractivity contribution in [3.63, 3.8) is 0 Å². The van der Waals surface area contributed by atoms with E-state index in [1.807, 2.05) is 30.3 Å². The zero-order chi connectivity index (χ0) is 14.3. The van der Waals surface area contributed by atoms with Crippen LogP contribution in [0.1, 0.15) is 19.4 Å². The van der Waals surface area contributed by atoms with Crippen LogP contribution in [-0.4, -0.2) is 29.3 Å². The molecule has 0 unspecified atom stereocenters. The Bertz CT molecular complexity index is 432. The van der Waals surface area contributed by atoms with E-state index in [9.17, 15) is 9.59 Å². The van der Waals surface area contributed by atoms with Crippen LogP contribution in [0, 0.1) is 5.41 Å². The van der Waals surface area contributed by atoms with Crippen LogP contribution in [0.25, 0.3) is 0 Å². The number of hydrogen-bond donors (Lipinski definition) is 2. The molecule has 4 nitrogen and oxygen atoms in total. The highest BCUT2D eigenvalue weighted by atomic mass is 32.2. The van der Waals surface area contributed by atoms with E-state index >= 15 is 0 Å². The van der Waals surface area contributed by atoms with Crippen LogP contribution in [0.2, 0.25) is 0 Å². The topological polar surface area (TPSA) is 66.4 Å². The fourth-order valence-corrected chi connectivity index (χ4v) is 2.10. The molecule has 0 aromatic heterocycles. The van der Waals surface area contributed by atoms with Gasteiger partial charge in [-0.1, -0.05) is 30.3 Å². The van der Waals surface area contributed by atoms with E-state index < -0.39 is 11.4 Å². The summed E-state index contributed by atoms with van der Waals surface area (Å²) < 4.78 is 0. The molecular formula is C14H19NO3S. The summed E-state index contributed by atoms with van der Waals surface area (Å²) in [7, 11) is 0. The maximum absolute atomic E-state index is 11.6. The van der Waals surface area contributed by atoms with Crippen molar-refractivity contribution in [2.24, 2.45) is 5.41 Å². The molecule has 0 heterocycles. The molecular weight excluding hydrogens is 262 g/mol. The van der Waals surface area contributed by atoms with Gasteiger partial charge in [-0.3, -0.25) is 9.59 Å². The third-order valence-electron chi connectivity index (χ3n) is 2.65. The highest BCUT2D eigenvalue weighted by Crippen LogP contribution is 2.14. The van der Waals surface area contributed by atoms with Gasteiger partial charge >= 0.3 is 5.97 Å². The van der Waals surface area contributed by atoms with Crippen molar-refractivity contribution in [2.75, 3.05) is 12.3 Å². The zero-order valence-corrected chi connectivity index (χ0v) is 12.0. The van der Waals surface area contributed by atoms with E-state index in [4.69, 9.17) is 5.11 Å². The predicted octanol–water partition coefficient (Wildman–Crippen LogP) is 2.15. The molecule has 1 aromatic rings. The van der Waals surface area contributed by atoms with Gasteiger partial charge in [0.25, 0.3) is 0 Å². The number of nitrogens with one attached hydrogen (secondary N) is 1. The highest BCUT2D eigenvalue weighted by molar-refractivity contribution is 7.99. The predicted molar refractivity (Wildman–Crippen MR) is 77.0 cm³/mol. The molecule has 0 spiro atoms. The average Bonchev–Trinajstić information content (AvgIpc) is 2.37. The lowest BCUT2D eigenvalue weighted by molar-refractivity contribution is -0.146. The molecule has 1 rings (SSSR count). The maximum atomic E-state index is 11.6. The molecule has 0 saturated heterocycles. The first-order valence-corrected chi connectivity index (χ1v) is 7.19. The lowest BCUT2D eigenvalue weighted by Crippen LogP contribution is -2.39. The van der Waals surface area contributed by atoms with E-state index in [-0.39, 0.29) is 12.5 Å². The van der Waals surface area contributed by atoms with E-state index in [0.717, 1.165) is 5.75 Å². The number of benzene rings is 1. The van der Waals surface area contributed by atoms with Gasteiger partial charge in [-0.25, -0.2) is 0 Å². The summed E-state index contributed by atoms with van der Waals surface area (Å²) in [4.78, 5) is 22.5. The van der Waals surface area contributed by atoms with Crippen molar-refractivity contribution in [3.8, 4) is 0 Å². The number of carbonyl (C=O) groups is 2. The Morgan fingerprint density at radius 3 is 2.47 bits per heavy atom. The van der Waals surface area contributed by atoms with Crippen molar-refractivity contribution >= 4 is 23.6 Å². The Morgan fingerprint density at radius 2 is 1.89 bits per heavy atom. The Labute approximate surface area is 117 Å². The molecule has 104 valence electrons. The largest absolute Gasteiger partial charge is 0.481 e. The van der Waals surface area contributed by atoms with Gasteiger partial charge in [0.1, 0.15) is 0 Å². The summed E-state index contributed by atoms with van der Waals surface area (Å²) in [5.74, 6) is 0.0706. The molecule has 0 aliphatic rings. The van der Waals surface area contributed by atoms with Gasteiger partial charge in [0.2, 0.25) is 5.91 Å². The standard InChI is InChI=1S/C14H19NO3S/c1-14(2,13(17)18)10-15-12(16)9-19-8-11-6-4-3-5-7-11/h3-7H,8-10H2,1-2H3,(H,15,16)(H,17,18). The molecule has 0 radical (unpaired) electrons. The Hall–Kier alpha value is -1.49. The second kappa shape index (κ2) is 7.19. The number of aliphatic carboxylic acids is 1. The molecule has 1 aromatic carbocycles. The quantitative estimate of drug-likeness (QED) is 0.803. The van der Waals surface area contributed by atoms with Crippen LogP contribution in [0.4, 0.5) is 0 Å². The monoisotopic (exact) mass is 281 g/mol. The molecule has 0 bridgehead atoms. The van der Waals surface area contributed by atoms with Gasteiger partial charge in [0.05, 0.1) is 11.2 Å². The minimum absolute atomic E-state index is 0.129. The molecule has 0 atom stereocenters. The van der Waals surface area contributed by atoms with Gasteiger partial charge in [-0.2, -0.15) is 0 Å². The van der Waals surface area contributed by atoms with Crippen LogP contribution in [0.5, 0.6) is 0 Å². The summed E-state index contributed by atoms with van der Waals surface area (Å²) in [5, 5.41) is 11.6. The lowest BCUT2D eigenvalue weighted by Gasteiger charge is -2.19. The second-order valence-corrected chi connectivity index (χ2v) is 5.93. The molecule has 0 fully saturated rings. The Balaban J connectivity index is 2.24. The van der Waals surface area contributed by atoms with Gasteiger partial charge in [-0.15, -0.1) is 11.8 Å². The van der Waals surface area contributed by atoms with E-state index in [1.54, 1.807) is 13.8 Å². The molecule has 0 aliphatic carbocycles. The third kappa shape index (κ3) is 5.79. The molecule has 2 N–H and O–H groups in total. The summed E-state index contributed by atoms with van der Waals surface area (Å²) in [6.07, 6.45) is 0. The van der Waals surface area contributed by atoms with E-state index in [1.165, 1.54) is 17.3 Å². The van der Waals surface area contributed by atoms with Crippen molar-refractivity contribution in [2.45, 2.75) is 19.6 Å². The molecule has 0 saturated carbocycles. The van der Waals surface area contributed by atoms with Gasteiger partial charge < -0.3 is 10.4 Å². The minimum Gasteiger partial charge on any atom is -0.481 e. The van der Waals surface area contributed by atoms with Crippen LogP contribution >= 0.6 is 11.8 Å². The second-order valence-electron chi connectivity index (χ2n) is 4.94. The van der Waals surface area contributed by atoms with Crippen molar-refractivity contribution in [3.05, 3.63) is 35.9 Å². The van der Waals surface area contributed by atoms with Crippen LogP contribution in [0.15, 0.2) is 30.3 Å². The number of carboxylic acids is 1. The van der Waals surface area contributed by atoms with E-state index in [2.05, 4.69) is 5.32 Å². The molecule has 19 heavy (non-hydrogen) atoms. The van der Waals surface area contributed by atoms with Gasteiger partial charge in [0.15, 0.2) is 0 Å². The van der Waals surface area contributed by atoms with Crippen LogP contribution < -0.4 is 5.32 Å². The molecule has 5 heteroatoms. The summed E-state index contributed by atoms with van der Waals surface area (Å²) in [6.45, 7) is 3.33. The molecule has 1 amide bonds. The number of hydrogen-bond acceptors (Lipinski definition) is 3. The van der Waals surface area contributed by atoms with Crippen LogP contribution in [-0.2, 0) is 15.3 Å². The average molecular weight is 281 g/mol. The Kier molecular flexibility index (Phi) is 5.89. The zero-order valence-electron chi connectivity index (χ0n) is 11.2. The van der Waals surface area contributed by atoms with Crippen molar-refractivity contribution in [1.82, 2.24) is 5.32 Å². The first kappa shape index (κ1) is 15.6. The smallest absolute Gasteiger partial charge is 0.310 e. The maximum Gasteiger partial charge on any atom is 0.310 e. The minimum atomic E-state index is -0.931. The number of carbonyl (C=O) groups excluding carboxylic acids is 1. The number of thioether (sulfide) groups is 1. The fourth-order valence-electron chi connectivity index (χ4n) is 1.28. The number of carboxylic acid groups (broad SMARTS) is 1. The van der Waals surface area contributed by atoms with Gasteiger partial charge in [-0.05, 0) is 19.4 Å². The fraction of sp³-hybridized carbons (Fsp3) is 0.429. The number of amides is 1. The normalized spacial score (nSPS) is 11.1. The first-order chi connectivity index (χ1) is 8.92. The highest BCUT2D eigenvalue weighted by Gasteiger charge is 2.27. The van der Waals surface area contributed by atoms with Gasteiger partial charge in [0, 0.05) is 12.3 Å². The Morgan fingerprint density at radius 1 is 1.26 bits per heavy atom. The van der Waals surface area contributed by atoms with Crippen molar-refractivity contribution in [1.29, 1.82) is 0 Å². The van der Waals surface area contributed by atoms with E-state index in [0.29, 0.717) is 5.75 Å². The molecule has 0 aliphatic heterocycles. The van der Waals surface area contributed by atoms with Crippen molar-refractivity contribution < 1.29 is 14.7 Å². The van der Waals surface area contributed by atoms with Crippen LogP contribution in [0.3, 0.4) is 0 Å².